The van der Waals surface area contributed by atoms with E-state index in [9.17, 15) is 23.1 Å². The van der Waals surface area contributed by atoms with Crippen molar-refractivity contribution in [1.82, 2.24) is 0 Å². The van der Waals surface area contributed by atoms with E-state index in [1.807, 2.05) is 0 Å². The molecular formula is C8H8NNaO6S2. The van der Waals surface area contributed by atoms with Crippen molar-refractivity contribution in [2.45, 2.75) is 6.42 Å². The summed E-state index contributed by atoms with van der Waals surface area (Å²) in [6.07, 6.45) is 0.443. The fourth-order valence-corrected chi connectivity index (χ4v) is 2.10. The number of aryl methyl sites for hydroxylation is 1. The van der Waals surface area contributed by atoms with Gasteiger partial charge in [-0.15, -0.1) is 0 Å². The van der Waals surface area contributed by atoms with Crippen molar-refractivity contribution >= 4 is 28.1 Å². The largest absolute Gasteiger partial charge is 1.00 e. The molecule has 10 heteroatoms. The van der Waals surface area contributed by atoms with Gasteiger partial charge in [-0.25, -0.2) is 12.0 Å². The Bertz CT molecular complexity index is 489. The van der Waals surface area contributed by atoms with Crippen LogP contribution in [0.1, 0.15) is 5.56 Å². The van der Waals surface area contributed by atoms with Crippen LogP contribution in [0.5, 0.6) is 0 Å². The van der Waals surface area contributed by atoms with Crippen molar-refractivity contribution in [3.63, 3.8) is 0 Å². The Hall–Kier alpha value is -0.160. The number of nitro benzene ring substituents is 1. The average Bonchev–Trinajstić information content (AvgIpc) is 2.24. The van der Waals surface area contributed by atoms with E-state index >= 15 is 0 Å². The number of nitrogens with zero attached hydrogens (tertiary/aromatic N) is 1. The molecular weight excluding hydrogens is 293 g/mol. The van der Waals surface area contributed by atoms with E-state index < -0.39 is 15.3 Å². The second kappa shape index (κ2) is 8.10. The molecule has 0 atom stereocenters. The summed E-state index contributed by atoms with van der Waals surface area (Å²) in [6, 6.07) is 5.82. The van der Waals surface area contributed by atoms with E-state index in [0.29, 0.717) is 18.5 Å². The normalized spacial score (nSPS) is 10.7. The van der Waals surface area contributed by atoms with Gasteiger partial charge < -0.3 is 4.55 Å². The Kier molecular flexibility index (Phi) is 8.03. The molecule has 0 saturated carbocycles. The van der Waals surface area contributed by atoms with Crippen molar-refractivity contribution < 1.29 is 51.1 Å². The van der Waals surface area contributed by atoms with Crippen LogP contribution in [0.3, 0.4) is 0 Å². The molecule has 0 unspecified atom stereocenters. The second-order valence-corrected chi connectivity index (χ2v) is 4.98. The van der Waals surface area contributed by atoms with Gasteiger partial charge in [0.1, 0.15) is 0 Å². The molecule has 0 aliphatic heterocycles. The Morgan fingerprint density at radius 3 is 2.28 bits per heavy atom. The van der Waals surface area contributed by atoms with Gasteiger partial charge in [-0.05, 0) is 12.0 Å². The maximum Gasteiger partial charge on any atom is 1.00 e. The molecule has 0 heterocycles. The van der Waals surface area contributed by atoms with Crippen molar-refractivity contribution in [1.29, 1.82) is 0 Å². The number of nitro groups is 1. The van der Waals surface area contributed by atoms with Gasteiger partial charge in [0.25, 0.3) is 5.69 Å². The number of non-ortho nitro benzene ring substituents is 1. The molecule has 1 aromatic rings. The van der Waals surface area contributed by atoms with Crippen molar-refractivity contribution in [3.05, 3.63) is 39.9 Å². The van der Waals surface area contributed by atoms with Gasteiger partial charge in [0.05, 0.1) is 4.92 Å². The summed E-state index contributed by atoms with van der Waals surface area (Å²) < 4.78 is 34.2. The Morgan fingerprint density at radius 2 is 1.83 bits per heavy atom. The van der Waals surface area contributed by atoms with Crippen LogP contribution in [0.25, 0.3) is 0 Å². The van der Waals surface area contributed by atoms with Crippen LogP contribution in [-0.4, -0.2) is 23.6 Å². The molecule has 0 bridgehead atoms. The van der Waals surface area contributed by atoms with Crippen molar-refractivity contribution in [2.75, 3.05) is 5.75 Å². The predicted octanol–water partition coefficient (Wildman–Crippen LogP) is -1.73. The first kappa shape index (κ1) is 17.8. The fraction of sp³-hybridized carbons (Fsp3) is 0.250. The molecule has 18 heavy (non-hydrogen) atoms. The van der Waals surface area contributed by atoms with Gasteiger partial charge in [0.15, 0.2) is 0 Å². The summed E-state index contributed by atoms with van der Waals surface area (Å²) in [6.45, 7) is 0. The summed E-state index contributed by atoms with van der Waals surface area (Å²) in [4.78, 5) is 9.85. The minimum atomic E-state index is -4.67. The Balaban J connectivity index is 0.00000289. The quantitative estimate of drug-likeness (QED) is 0.117. The summed E-state index contributed by atoms with van der Waals surface area (Å²) in [7, 11) is -4.67. The summed E-state index contributed by atoms with van der Waals surface area (Å²) in [5, 5.41) is 10.4. The molecule has 0 aromatic heterocycles. The van der Waals surface area contributed by atoms with Gasteiger partial charge in [-0.1, -0.05) is 12.1 Å². The standard InChI is InChI=1S/C8H9NO6S2.Na/c10-9(11)8-3-1-7(2-4-8)5-6-16-15-17(12,13)14;/h1-4H,5-6H2,(H,12,13,14);/q;+1/p-1. The predicted molar refractivity (Wildman–Crippen MR) is 60.0 cm³/mol. The summed E-state index contributed by atoms with van der Waals surface area (Å²) in [5.74, 6) is 0.263. The van der Waals surface area contributed by atoms with E-state index in [1.54, 1.807) is 12.1 Å². The van der Waals surface area contributed by atoms with Gasteiger partial charge in [-0.3, -0.25) is 10.1 Å². The van der Waals surface area contributed by atoms with Crippen LogP contribution in [0.4, 0.5) is 5.69 Å². The minimum absolute atomic E-state index is 0. The van der Waals surface area contributed by atoms with Gasteiger partial charge in [0, 0.05) is 29.9 Å². The van der Waals surface area contributed by atoms with Crippen LogP contribution in [0.2, 0.25) is 0 Å². The molecule has 0 spiro atoms. The zero-order valence-electron chi connectivity index (χ0n) is 9.44. The van der Waals surface area contributed by atoms with E-state index in [4.69, 9.17) is 0 Å². The molecule has 0 saturated heterocycles. The summed E-state index contributed by atoms with van der Waals surface area (Å²) in [5.41, 5.74) is 0.773. The van der Waals surface area contributed by atoms with Gasteiger partial charge in [-0.2, -0.15) is 0 Å². The Morgan fingerprint density at radius 1 is 1.28 bits per heavy atom. The van der Waals surface area contributed by atoms with E-state index in [-0.39, 0.29) is 41.0 Å². The first-order chi connectivity index (χ1) is 7.88. The van der Waals surface area contributed by atoms with E-state index in [1.165, 1.54) is 12.1 Å². The third-order valence-corrected chi connectivity index (χ3v) is 3.18. The molecule has 0 aliphatic carbocycles. The van der Waals surface area contributed by atoms with Crippen LogP contribution in [0, 0.1) is 10.1 Å². The fourth-order valence-electron chi connectivity index (χ4n) is 1.04. The van der Waals surface area contributed by atoms with E-state index in [0.717, 1.165) is 5.56 Å². The third-order valence-electron chi connectivity index (χ3n) is 1.75. The molecule has 0 amide bonds. The van der Waals surface area contributed by atoms with Gasteiger partial charge >= 0.3 is 29.6 Å². The molecule has 0 aliphatic rings. The zero-order valence-corrected chi connectivity index (χ0v) is 13.1. The number of hydrogen-bond donors (Lipinski definition) is 0. The third kappa shape index (κ3) is 7.31. The Labute approximate surface area is 131 Å². The van der Waals surface area contributed by atoms with Crippen molar-refractivity contribution in [3.8, 4) is 0 Å². The van der Waals surface area contributed by atoms with Gasteiger partial charge in [0.2, 0.25) is 10.4 Å². The number of rotatable bonds is 6. The maximum atomic E-state index is 10.4. The monoisotopic (exact) mass is 301 g/mol. The molecule has 0 fully saturated rings. The maximum absolute atomic E-state index is 10.4. The summed E-state index contributed by atoms with van der Waals surface area (Å²) >= 11 is 0.531. The molecule has 0 radical (unpaired) electrons. The number of benzene rings is 1. The van der Waals surface area contributed by atoms with E-state index in [2.05, 4.69) is 3.63 Å². The zero-order chi connectivity index (χ0) is 12.9. The van der Waals surface area contributed by atoms with Crippen LogP contribution < -0.4 is 29.6 Å². The molecule has 0 N–H and O–H groups in total. The SMILES string of the molecule is O=[N+]([O-])c1ccc(CCSOS(=O)(=O)[O-])cc1.[Na+]. The van der Waals surface area contributed by atoms with Crippen LogP contribution in [-0.2, 0) is 20.4 Å². The number of hydrogen-bond acceptors (Lipinski definition) is 7. The van der Waals surface area contributed by atoms with Crippen LogP contribution in [0.15, 0.2) is 24.3 Å². The smallest absolute Gasteiger partial charge is 0.725 e. The molecule has 7 nitrogen and oxygen atoms in total. The molecule has 1 aromatic carbocycles. The molecule has 94 valence electrons. The van der Waals surface area contributed by atoms with Crippen LogP contribution >= 0.6 is 12.0 Å². The second-order valence-electron chi connectivity index (χ2n) is 2.97. The topological polar surface area (TPSA) is 110 Å². The average molecular weight is 301 g/mol. The van der Waals surface area contributed by atoms with Crippen molar-refractivity contribution in [2.24, 2.45) is 0 Å². The molecule has 1 rings (SSSR count). The first-order valence-corrected chi connectivity index (χ1v) is 6.63. The first-order valence-electron chi connectivity index (χ1n) is 4.39. The minimum Gasteiger partial charge on any atom is -0.725 e.